The molecule has 0 aliphatic carbocycles. The Hall–Kier alpha value is -2.29. The summed E-state index contributed by atoms with van der Waals surface area (Å²) in [5.74, 6) is -1.66. The lowest BCUT2D eigenvalue weighted by atomic mass is 10.2. The molecule has 1 heterocycles. The first kappa shape index (κ1) is 11.8. The molecule has 1 aromatic heterocycles. The van der Waals surface area contributed by atoms with Gasteiger partial charge in [-0.15, -0.1) is 4.39 Å². The van der Waals surface area contributed by atoms with Crippen LogP contribution in [-0.4, -0.2) is 0 Å². The van der Waals surface area contributed by atoms with Crippen LogP contribution in [0.15, 0.2) is 60.7 Å². The van der Waals surface area contributed by atoms with E-state index in [4.69, 9.17) is 0 Å². The van der Waals surface area contributed by atoms with Crippen molar-refractivity contribution in [2.24, 2.45) is 0 Å². The number of para-hydroxylation sites is 1. The molecule has 94 valence electrons. The molecule has 2 aromatic carbocycles. The Morgan fingerprint density at radius 2 is 1.53 bits per heavy atom. The van der Waals surface area contributed by atoms with Crippen molar-refractivity contribution in [3.8, 4) is 0 Å². The van der Waals surface area contributed by atoms with Gasteiger partial charge >= 0.3 is 5.95 Å². The van der Waals surface area contributed by atoms with Gasteiger partial charge in [0.25, 0.3) is 0 Å². The third-order valence-corrected chi connectivity index (χ3v) is 3.13. The fourth-order valence-electron chi connectivity index (χ4n) is 2.21. The number of hydrogen-bond donors (Lipinski definition) is 0. The molecule has 0 saturated heterocycles. The summed E-state index contributed by atoms with van der Waals surface area (Å²) in [6.07, 6.45) is 0. The van der Waals surface area contributed by atoms with Crippen LogP contribution in [-0.2, 0) is 6.54 Å². The third kappa shape index (κ3) is 2.19. The van der Waals surface area contributed by atoms with Crippen LogP contribution in [0.3, 0.4) is 0 Å². The van der Waals surface area contributed by atoms with Gasteiger partial charge in [-0.25, -0.2) is 0 Å². The summed E-state index contributed by atoms with van der Waals surface area (Å²) in [6, 6.07) is 17.9. The zero-order valence-electron chi connectivity index (χ0n) is 10.2. The highest BCUT2D eigenvalue weighted by Gasteiger charge is 2.21. The van der Waals surface area contributed by atoms with Crippen LogP contribution in [0.5, 0.6) is 0 Å². The molecule has 0 radical (unpaired) electrons. The van der Waals surface area contributed by atoms with Crippen LogP contribution >= 0.6 is 0 Å². The predicted octanol–water partition coefficient (Wildman–Crippen LogP) is 3.45. The highest BCUT2D eigenvalue weighted by molar-refractivity contribution is 5.75. The summed E-state index contributed by atoms with van der Waals surface area (Å²) in [7, 11) is 0. The van der Waals surface area contributed by atoms with Crippen LogP contribution in [0.4, 0.5) is 8.78 Å². The van der Waals surface area contributed by atoms with Crippen LogP contribution in [0.1, 0.15) is 5.56 Å². The average Bonchev–Trinajstić information content (AvgIpc) is 2.45. The maximum Gasteiger partial charge on any atom is 0.396 e. The molecule has 19 heavy (non-hydrogen) atoms. The largest absolute Gasteiger partial charge is 0.396 e. The zero-order valence-corrected chi connectivity index (χ0v) is 10.2. The minimum absolute atomic E-state index is 0.310. The number of halogens is 2. The van der Waals surface area contributed by atoms with Crippen LogP contribution < -0.4 is 4.57 Å². The number of pyridine rings is 1. The number of nitrogens with zero attached hydrogens (tertiary/aromatic N) is 1. The van der Waals surface area contributed by atoms with E-state index in [-0.39, 0.29) is 0 Å². The van der Waals surface area contributed by atoms with Crippen molar-refractivity contribution in [2.75, 3.05) is 0 Å². The van der Waals surface area contributed by atoms with Crippen molar-refractivity contribution in [3.63, 3.8) is 0 Å². The molecule has 0 atom stereocenters. The topological polar surface area (TPSA) is 3.88 Å². The minimum atomic E-state index is -0.831. The summed E-state index contributed by atoms with van der Waals surface area (Å²) in [6.45, 7) is 0.310. The van der Waals surface area contributed by atoms with E-state index < -0.39 is 11.8 Å². The van der Waals surface area contributed by atoms with Gasteiger partial charge in [-0.1, -0.05) is 42.5 Å². The molecular weight excluding hydrogens is 244 g/mol. The molecule has 0 amide bonds. The molecule has 0 spiro atoms. The smallest absolute Gasteiger partial charge is 0.197 e. The van der Waals surface area contributed by atoms with E-state index in [1.54, 1.807) is 12.1 Å². The first-order valence-electron chi connectivity index (χ1n) is 6.06. The Bertz CT molecular complexity index is 723. The van der Waals surface area contributed by atoms with Crippen LogP contribution in [0.25, 0.3) is 10.9 Å². The van der Waals surface area contributed by atoms with Gasteiger partial charge in [0.1, 0.15) is 0 Å². The highest BCUT2D eigenvalue weighted by Crippen LogP contribution is 2.14. The molecule has 3 heteroatoms. The second-order valence-electron chi connectivity index (χ2n) is 4.41. The summed E-state index contributed by atoms with van der Waals surface area (Å²) in [5, 5.41) is 0.692. The van der Waals surface area contributed by atoms with Gasteiger partial charge in [-0.2, -0.15) is 8.96 Å². The molecule has 0 unspecified atom stereocenters. The SMILES string of the molecule is Fc1cc2ccccc2[n+](Cc2ccccc2)c1F. The van der Waals surface area contributed by atoms with Crippen LogP contribution in [0.2, 0.25) is 0 Å². The monoisotopic (exact) mass is 256 g/mol. The average molecular weight is 256 g/mol. The van der Waals surface area contributed by atoms with E-state index in [1.807, 2.05) is 42.5 Å². The van der Waals surface area contributed by atoms with Crippen molar-refractivity contribution in [2.45, 2.75) is 6.54 Å². The summed E-state index contributed by atoms with van der Waals surface area (Å²) >= 11 is 0. The molecule has 3 rings (SSSR count). The predicted molar refractivity (Wildman–Crippen MR) is 69.6 cm³/mol. The third-order valence-electron chi connectivity index (χ3n) is 3.13. The van der Waals surface area contributed by atoms with Gasteiger partial charge in [-0.3, -0.25) is 0 Å². The lowest BCUT2D eigenvalue weighted by Crippen LogP contribution is -2.40. The van der Waals surface area contributed by atoms with E-state index in [1.165, 1.54) is 10.6 Å². The summed E-state index contributed by atoms with van der Waals surface area (Å²) in [5.41, 5.74) is 1.62. The van der Waals surface area contributed by atoms with E-state index in [0.29, 0.717) is 17.4 Å². The lowest BCUT2D eigenvalue weighted by Gasteiger charge is -2.03. The molecule has 0 bridgehead atoms. The van der Waals surface area contributed by atoms with E-state index in [9.17, 15) is 8.78 Å². The Morgan fingerprint density at radius 1 is 0.842 bits per heavy atom. The molecule has 0 saturated carbocycles. The molecule has 0 aliphatic rings. The van der Waals surface area contributed by atoms with Gasteiger partial charge in [0, 0.05) is 17.0 Å². The summed E-state index contributed by atoms with van der Waals surface area (Å²) < 4.78 is 29.0. The first-order chi connectivity index (χ1) is 9.25. The second-order valence-corrected chi connectivity index (χ2v) is 4.41. The number of hydrogen-bond acceptors (Lipinski definition) is 0. The summed E-state index contributed by atoms with van der Waals surface area (Å²) in [4.78, 5) is 0. The molecule has 0 fully saturated rings. The first-order valence-corrected chi connectivity index (χ1v) is 6.06. The molecular formula is C16H12F2N+. The second kappa shape index (κ2) is 4.76. The van der Waals surface area contributed by atoms with Gasteiger partial charge in [0.2, 0.25) is 11.3 Å². The van der Waals surface area contributed by atoms with E-state index >= 15 is 0 Å². The van der Waals surface area contributed by atoms with E-state index in [0.717, 1.165) is 5.56 Å². The number of fused-ring (bicyclic) bond motifs is 1. The molecule has 0 N–H and O–H groups in total. The zero-order chi connectivity index (χ0) is 13.2. The van der Waals surface area contributed by atoms with Crippen molar-refractivity contribution in [1.29, 1.82) is 0 Å². The fraction of sp³-hybridized carbons (Fsp3) is 0.0625. The Kier molecular flexibility index (Phi) is 2.95. The van der Waals surface area contributed by atoms with Crippen molar-refractivity contribution < 1.29 is 13.3 Å². The number of rotatable bonds is 2. The maximum atomic E-state index is 14.0. The molecule has 3 aromatic rings. The van der Waals surface area contributed by atoms with Gasteiger partial charge in [0.15, 0.2) is 6.54 Å². The fourth-order valence-corrected chi connectivity index (χ4v) is 2.21. The van der Waals surface area contributed by atoms with Gasteiger partial charge in [0.05, 0.1) is 0 Å². The van der Waals surface area contributed by atoms with Gasteiger partial charge in [-0.05, 0) is 12.1 Å². The van der Waals surface area contributed by atoms with Crippen molar-refractivity contribution in [3.05, 3.63) is 78.0 Å². The quantitative estimate of drug-likeness (QED) is 0.488. The lowest BCUT2D eigenvalue weighted by molar-refractivity contribution is -0.693. The van der Waals surface area contributed by atoms with Gasteiger partial charge < -0.3 is 0 Å². The molecule has 1 nitrogen and oxygen atoms in total. The Balaban J connectivity index is 2.19. The molecule has 0 aliphatic heterocycles. The Labute approximate surface area is 109 Å². The Morgan fingerprint density at radius 3 is 2.32 bits per heavy atom. The van der Waals surface area contributed by atoms with Crippen molar-refractivity contribution in [1.82, 2.24) is 0 Å². The normalized spacial score (nSPS) is 10.8. The number of benzene rings is 2. The number of aromatic nitrogens is 1. The van der Waals surface area contributed by atoms with Crippen LogP contribution in [0, 0.1) is 11.8 Å². The maximum absolute atomic E-state index is 14.0. The van der Waals surface area contributed by atoms with E-state index in [2.05, 4.69) is 0 Å². The minimum Gasteiger partial charge on any atom is -0.197 e. The van der Waals surface area contributed by atoms with Crippen molar-refractivity contribution >= 4 is 10.9 Å². The highest BCUT2D eigenvalue weighted by atomic mass is 19.2. The standard InChI is InChI=1S/C16H12F2N/c17-14-10-13-8-4-5-9-15(13)19(16(14)18)11-12-6-2-1-3-7-12/h1-10H,11H2/q+1.